The van der Waals surface area contributed by atoms with Crippen molar-refractivity contribution in [3.8, 4) is 0 Å². The Hall–Kier alpha value is -3.08. The van der Waals surface area contributed by atoms with Crippen molar-refractivity contribution in [2.24, 2.45) is 5.92 Å². The zero-order chi connectivity index (χ0) is 17.6. The van der Waals surface area contributed by atoms with Crippen LogP contribution in [0.5, 0.6) is 0 Å². The lowest BCUT2D eigenvalue weighted by atomic mass is 9.64. The van der Waals surface area contributed by atoms with Gasteiger partial charge in [-0.1, -0.05) is 54.6 Å². The number of amides is 2. The number of piperidine rings is 1. The molecule has 0 saturated carbocycles. The molecule has 1 aliphatic carbocycles. The molecule has 1 atom stereocenters. The van der Waals surface area contributed by atoms with Crippen LogP contribution >= 0.6 is 0 Å². The molecule has 5 nitrogen and oxygen atoms in total. The molecule has 1 fully saturated rings. The molecular weight excluding hydrogens is 318 g/mol. The van der Waals surface area contributed by atoms with E-state index in [1.807, 2.05) is 0 Å². The van der Waals surface area contributed by atoms with Crippen LogP contribution < -0.4 is 5.32 Å². The van der Waals surface area contributed by atoms with E-state index in [1.54, 1.807) is 54.6 Å². The second-order valence-electron chi connectivity index (χ2n) is 6.38. The van der Waals surface area contributed by atoms with Crippen LogP contribution in [0.3, 0.4) is 0 Å². The summed E-state index contributed by atoms with van der Waals surface area (Å²) in [6, 6.07) is 15.3. The molecule has 0 spiro atoms. The van der Waals surface area contributed by atoms with Gasteiger partial charge in [0.05, 0.1) is 5.92 Å². The molecule has 1 saturated heterocycles. The van der Waals surface area contributed by atoms with Gasteiger partial charge < -0.3 is 0 Å². The summed E-state index contributed by atoms with van der Waals surface area (Å²) in [5.41, 5.74) is -0.437. The molecule has 1 unspecified atom stereocenters. The van der Waals surface area contributed by atoms with Crippen molar-refractivity contribution in [1.82, 2.24) is 5.32 Å². The van der Waals surface area contributed by atoms with E-state index in [2.05, 4.69) is 5.32 Å². The van der Waals surface area contributed by atoms with Crippen molar-refractivity contribution in [1.29, 1.82) is 0 Å². The summed E-state index contributed by atoms with van der Waals surface area (Å²) in [4.78, 5) is 50.9. The van der Waals surface area contributed by atoms with Gasteiger partial charge in [-0.2, -0.15) is 0 Å². The molecule has 4 rings (SSSR count). The van der Waals surface area contributed by atoms with E-state index in [0.717, 1.165) is 0 Å². The first-order chi connectivity index (χ1) is 12.1. The Morgan fingerprint density at radius 3 is 1.92 bits per heavy atom. The maximum Gasteiger partial charge on any atom is 0.231 e. The average molecular weight is 333 g/mol. The molecule has 1 N–H and O–H groups in total. The van der Waals surface area contributed by atoms with Crippen LogP contribution in [0.2, 0.25) is 0 Å². The lowest BCUT2D eigenvalue weighted by molar-refractivity contribution is -0.137. The predicted molar refractivity (Wildman–Crippen MR) is 89.1 cm³/mol. The van der Waals surface area contributed by atoms with E-state index in [4.69, 9.17) is 0 Å². The second-order valence-corrected chi connectivity index (χ2v) is 6.38. The first-order valence-corrected chi connectivity index (χ1v) is 8.14. The number of rotatable bonds is 2. The minimum absolute atomic E-state index is 0.113. The van der Waals surface area contributed by atoms with Gasteiger partial charge in [0.1, 0.15) is 5.41 Å². The van der Waals surface area contributed by atoms with Crippen molar-refractivity contribution in [2.75, 3.05) is 0 Å². The van der Waals surface area contributed by atoms with Crippen molar-refractivity contribution < 1.29 is 19.2 Å². The van der Waals surface area contributed by atoms with Gasteiger partial charge in [-0.25, -0.2) is 0 Å². The standard InChI is InChI=1S/C20H15NO4/c22-16-11-10-15(19(25)21-16)20(12-6-2-1-3-7-12)17(23)13-8-4-5-9-14(13)18(20)24/h1-9,15H,10-11H2,(H,21,22,25). The average Bonchev–Trinajstić information content (AvgIpc) is 2.85. The molecule has 2 aromatic rings. The highest BCUT2D eigenvalue weighted by Gasteiger charge is 2.61. The Labute approximate surface area is 144 Å². The van der Waals surface area contributed by atoms with Crippen molar-refractivity contribution in [3.05, 3.63) is 71.3 Å². The van der Waals surface area contributed by atoms with E-state index >= 15 is 0 Å². The fourth-order valence-corrected chi connectivity index (χ4v) is 3.99. The molecule has 124 valence electrons. The molecule has 2 amide bonds. The summed E-state index contributed by atoms with van der Waals surface area (Å²) < 4.78 is 0. The largest absolute Gasteiger partial charge is 0.296 e. The van der Waals surface area contributed by atoms with E-state index in [0.29, 0.717) is 16.7 Å². The molecule has 2 aliphatic rings. The number of hydrogen-bond acceptors (Lipinski definition) is 4. The van der Waals surface area contributed by atoms with Crippen LogP contribution in [-0.4, -0.2) is 23.4 Å². The van der Waals surface area contributed by atoms with Crippen LogP contribution in [0.4, 0.5) is 0 Å². The number of hydrogen-bond donors (Lipinski definition) is 1. The zero-order valence-corrected chi connectivity index (χ0v) is 13.3. The van der Waals surface area contributed by atoms with E-state index in [-0.39, 0.29) is 30.3 Å². The number of nitrogens with one attached hydrogen (secondary N) is 1. The summed E-state index contributed by atoms with van der Waals surface area (Å²) in [6.07, 6.45) is 0.285. The highest BCUT2D eigenvalue weighted by Crippen LogP contribution is 2.47. The van der Waals surface area contributed by atoms with Gasteiger partial charge in [-0.15, -0.1) is 0 Å². The minimum Gasteiger partial charge on any atom is -0.296 e. The van der Waals surface area contributed by atoms with Crippen LogP contribution in [0.15, 0.2) is 54.6 Å². The van der Waals surface area contributed by atoms with Gasteiger partial charge in [0.15, 0.2) is 11.6 Å². The number of Topliss-reactive ketones (excluding diaryl/α,β-unsaturated/α-hetero) is 2. The van der Waals surface area contributed by atoms with Crippen molar-refractivity contribution >= 4 is 23.4 Å². The van der Waals surface area contributed by atoms with Crippen molar-refractivity contribution in [2.45, 2.75) is 18.3 Å². The first kappa shape index (κ1) is 15.4. The lowest BCUT2D eigenvalue weighted by Gasteiger charge is -2.36. The molecule has 2 aromatic carbocycles. The van der Waals surface area contributed by atoms with E-state index < -0.39 is 17.2 Å². The maximum atomic E-state index is 13.4. The van der Waals surface area contributed by atoms with Crippen LogP contribution in [0.1, 0.15) is 39.1 Å². The van der Waals surface area contributed by atoms with Gasteiger partial charge in [-0.3, -0.25) is 24.5 Å². The molecular formula is C20H15NO4. The van der Waals surface area contributed by atoms with Gasteiger partial charge in [-0.05, 0) is 12.0 Å². The molecule has 1 heterocycles. The molecule has 0 radical (unpaired) electrons. The number of benzene rings is 2. The first-order valence-electron chi connectivity index (χ1n) is 8.14. The summed E-state index contributed by atoms with van der Waals surface area (Å²) in [5.74, 6) is -2.57. The molecule has 5 heteroatoms. The number of ketones is 2. The van der Waals surface area contributed by atoms with Gasteiger partial charge in [0.25, 0.3) is 0 Å². The van der Waals surface area contributed by atoms with Crippen LogP contribution in [0.25, 0.3) is 0 Å². The fourth-order valence-electron chi connectivity index (χ4n) is 3.99. The van der Waals surface area contributed by atoms with Crippen LogP contribution in [-0.2, 0) is 15.0 Å². The monoisotopic (exact) mass is 333 g/mol. The highest BCUT2D eigenvalue weighted by atomic mass is 16.2. The highest BCUT2D eigenvalue weighted by molar-refractivity contribution is 6.35. The topological polar surface area (TPSA) is 80.3 Å². The Balaban J connectivity index is 1.97. The molecule has 25 heavy (non-hydrogen) atoms. The smallest absolute Gasteiger partial charge is 0.231 e. The Kier molecular flexibility index (Phi) is 3.39. The summed E-state index contributed by atoms with van der Waals surface area (Å²) in [7, 11) is 0. The number of fused-ring (bicyclic) bond motifs is 1. The third kappa shape index (κ3) is 2.02. The Morgan fingerprint density at radius 1 is 0.800 bits per heavy atom. The summed E-state index contributed by atoms with van der Waals surface area (Å²) in [5, 5.41) is 2.29. The third-order valence-corrected chi connectivity index (χ3v) is 5.12. The normalized spacial score (nSPS) is 21.8. The Bertz CT molecular complexity index is 881. The number of imide groups is 1. The summed E-state index contributed by atoms with van der Waals surface area (Å²) in [6.45, 7) is 0. The predicted octanol–water partition coefficient (Wildman–Crippen LogP) is 2.06. The molecule has 0 bridgehead atoms. The van der Waals surface area contributed by atoms with Gasteiger partial charge >= 0.3 is 0 Å². The van der Waals surface area contributed by atoms with E-state index in [9.17, 15) is 19.2 Å². The number of carbonyl (C=O) groups excluding carboxylic acids is 4. The van der Waals surface area contributed by atoms with Crippen LogP contribution in [0, 0.1) is 5.92 Å². The second kappa shape index (κ2) is 5.48. The minimum atomic E-state index is -1.60. The molecule has 1 aliphatic heterocycles. The molecule has 0 aromatic heterocycles. The quantitative estimate of drug-likeness (QED) is 0.674. The third-order valence-electron chi connectivity index (χ3n) is 5.12. The van der Waals surface area contributed by atoms with Gasteiger partial charge in [0.2, 0.25) is 11.8 Å². The van der Waals surface area contributed by atoms with E-state index in [1.165, 1.54) is 0 Å². The Morgan fingerprint density at radius 2 is 1.36 bits per heavy atom. The lowest BCUT2D eigenvalue weighted by Crippen LogP contribution is -2.55. The summed E-state index contributed by atoms with van der Waals surface area (Å²) >= 11 is 0. The van der Waals surface area contributed by atoms with Gasteiger partial charge in [0, 0.05) is 17.5 Å². The van der Waals surface area contributed by atoms with Crippen molar-refractivity contribution in [3.63, 3.8) is 0 Å². The zero-order valence-electron chi connectivity index (χ0n) is 13.3. The fraction of sp³-hybridized carbons (Fsp3) is 0.200. The number of carbonyl (C=O) groups is 4. The SMILES string of the molecule is O=C1CCC(C2(c3ccccc3)C(=O)c3ccccc3C2=O)C(=O)N1. The maximum absolute atomic E-state index is 13.4.